The molecule has 1 fully saturated rings. The molecule has 0 bridgehead atoms. The maximum Gasteiger partial charge on any atom is 0.338 e. The van der Waals surface area contributed by atoms with E-state index in [9.17, 15) is 18.8 Å². The molecule has 2 aromatic rings. The van der Waals surface area contributed by atoms with Crippen LogP contribution in [0, 0.1) is 12.7 Å². The third kappa shape index (κ3) is 5.72. The largest absolute Gasteiger partial charge is 0.463 e. The number of likely N-dealkylation sites (N-methyl/N-ethyl adjacent to an activating group) is 1. The maximum absolute atomic E-state index is 13.6. The van der Waals surface area contributed by atoms with Crippen LogP contribution in [-0.4, -0.2) is 78.0 Å². The number of hydrogen-bond acceptors (Lipinski definition) is 5. The van der Waals surface area contributed by atoms with Crippen LogP contribution in [0.25, 0.3) is 0 Å². The van der Waals surface area contributed by atoms with Gasteiger partial charge in [-0.2, -0.15) is 0 Å². The second kappa shape index (κ2) is 11.8. The van der Waals surface area contributed by atoms with Crippen molar-refractivity contribution in [3.8, 4) is 0 Å². The van der Waals surface area contributed by atoms with Gasteiger partial charge in [0.15, 0.2) is 0 Å². The molecule has 0 aromatic heterocycles. The lowest BCUT2D eigenvalue weighted by molar-refractivity contribution is -0.139. The Labute approximate surface area is 223 Å². The molecule has 9 heteroatoms. The van der Waals surface area contributed by atoms with E-state index in [0.29, 0.717) is 55.1 Å². The summed E-state index contributed by atoms with van der Waals surface area (Å²) in [5.41, 5.74) is 3.26. The molecule has 2 aromatic carbocycles. The van der Waals surface area contributed by atoms with E-state index in [-0.39, 0.29) is 24.6 Å². The fraction of sp³-hybridized carbons (Fsp3) is 0.414. The molecule has 8 nitrogen and oxygen atoms in total. The van der Waals surface area contributed by atoms with Crippen molar-refractivity contribution < 1.29 is 23.5 Å². The van der Waals surface area contributed by atoms with Crippen LogP contribution in [0.3, 0.4) is 0 Å². The zero-order chi connectivity index (χ0) is 27.4. The highest BCUT2D eigenvalue weighted by Crippen LogP contribution is 2.32. The van der Waals surface area contributed by atoms with Gasteiger partial charge in [0.1, 0.15) is 5.82 Å². The van der Waals surface area contributed by atoms with Crippen LogP contribution >= 0.6 is 0 Å². The first-order chi connectivity index (χ1) is 18.2. The minimum atomic E-state index is -0.762. The van der Waals surface area contributed by atoms with E-state index in [1.807, 2.05) is 49.9 Å². The summed E-state index contributed by atoms with van der Waals surface area (Å²) in [5.74, 6) is -0.927. The van der Waals surface area contributed by atoms with Gasteiger partial charge >= 0.3 is 12.0 Å². The summed E-state index contributed by atoms with van der Waals surface area (Å²) in [6.45, 7) is 10.1. The van der Waals surface area contributed by atoms with Gasteiger partial charge in [-0.3, -0.25) is 14.6 Å². The average molecular weight is 523 g/mol. The van der Waals surface area contributed by atoms with Crippen molar-refractivity contribution in [2.45, 2.75) is 39.8 Å². The highest BCUT2D eigenvalue weighted by molar-refractivity contribution is 5.95. The molecular weight excluding hydrogens is 487 g/mol. The normalized spacial score (nSPS) is 20.4. The number of nitrogens with zero attached hydrogens (tertiary/aromatic N) is 3. The van der Waals surface area contributed by atoms with E-state index >= 15 is 0 Å². The number of amides is 3. The summed E-state index contributed by atoms with van der Waals surface area (Å²) in [4.78, 5) is 45.1. The van der Waals surface area contributed by atoms with Crippen LogP contribution in [0.1, 0.15) is 48.3 Å². The van der Waals surface area contributed by atoms with E-state index in [2.05, 4.69) is 10.2 Å². The van der Waals surface area contributed by atoms with Crippen molar-refractivity contribution in [2.75, 3.05) is 39.3 Å². The summed E-state index contributed by atoms with van der Waals surface area (Å²) < 4.78 is 19.0. The molecule has 2 aliphatic rings. The molecule has 2 heterocycles. The Morgan fingerprint density at radius 1 is 1.05 bits per heavy atom. The fourth-order valence-corrected chi connectivity index (χ4v) is 5.12. The number of nitrogens with one attached hydrogen (secondary N) is 1. The Morgan fingerprint density at radius 2 is 1.74 bits per heavy atom. The Hall–Kier alpha value is -3.72. The van der Waals surface area contributed by atoms with Crippen LogP contribution in [0.4, 0.5) is 9.18 Å². The van der Waals surface area contributed by atoms with Crippen LogP contribution in [-0.2, 0) is 9.53 Å². The molecule has 3 amide bonds. The number of aryl methyl sites for hydroxylation is 1. The first-order valence-electron chi connectivity index (χ1n) is 13.1. The van der Waals surface area contributed by atoms with E-state index in [4.69, 9.17) is 4.74 Å². The van der Waals surface area contributed by atoms with Crippen molar-refractivity contribution in [3.63, 3.8) is 0 Å². The first kappa shape index (κ1) is 27.3. The number of benzene rings is 2. The smallest absolute Gasteiger partial charge is 0.338 e. The average Bonchev–Trinajstić information content (AvgIpc) is 2.89. The zero-order valence-electron chi connectivity index (χ0n) is 22.4. The number of rotatable bonds is 7. The topological polar surface area (TPSA) is 82.2 Å². The summed E-state index contributed by atoms with van der Waals surface area (Å²) in [6, 6.07) is 12.2. The molecular formula is C29H35FN4O4. The Morgan fingerprint density at radius 3 is 2.34 bits per heavy atom. The third-order valence-electron chi connectivity index (χ3n) is 7.10. The number of ether oxygens (including phenoxy) is 1. The summed E-state index contributed by atoms with van der Waals surface area (Å²) in [7, 11) is 0. The van der Waals surface area contributed by atoms with Crippen LogP contribution in [0.15, 0.2) is 59.8 Å². The number of carbonyl (C=O) groups excluding carboxylic acids is 3. The van der Waals surface area contributed by atoms with Gasteiger partial charge in [0.05, 0.1) is 18.2 Å². The first-order valence-corrected chi connectivity index (χ1v) is 13.1. The minimum Gasteiger partial charge on any atom is -0.463 e. The van der Waals surface area contributed by atoms with Gasteiger partial charge in [-0.15, -0.1) is 0 Å². The molecule has 202 valence electrons. The summed E-state index contributed by atoms with van der Waals surface area (Å²) in [5, 5.41) is 2.90. The second-order valence-corrected chi connectivity index (χ2v) is 9.71. The van der Waals surface area contributed by atoms with Crippen molar-refractivity contribution in [1.82, 2.24) is 20.0 Å². The van der Waals surface area contributed by atoms with E-state index in [1.165, 1.54) is 12.1 Å². The fourth-order valence-electron chi connectivity index (χ4n) is 5.12. The summed E-state index contributed by atoms with van der Waals surface area (Å²) >= 11 is 0. The molecule has 1 saturated heterocycles. The van der Waals surface area contributed by atoms with Crippen LogP contribution < -0.4 is 5.32 Å². The monoisotopic (exact) mass is 522 g/mol. The van der Waals surface area contributed by atoms with E-state index < -0.39 is 17.8 Å². The lowest BCUT2D eigenvalue weighted by Gasteiger charge is -2.43. The molecule has 0 unspecified atom stereocenters. The molecule has 0 radical (unpaired) electrons. The molecule has 4 rings (SSSR count). The standard InChI is InChI=1S/C29H35FN4O4/c1-5-33-24(18-32-15-16-34(20(4)17-32)27(35)22-9-7-19(3)8-10-22)25(28(36)38-6-2)26(31-29(33)37)21-11-13-23(30)14-12-21/h7-14,20,26H,5-6,15-18H2,1-4H3,(H,31,37)/t20-,26-/m1/s1. The number of piperazine rings is 1. The maximum atomic E-state index is 13.6. The van der Waals surface area contributed by atoms with Gasteiger partial charge in [0.25, 0.3) is 5.91 Å². The van der Waals surface area contributed by atoms with Crippen molar-refractivity contribution in [3.05, 3.63) is 82.3 Å². The van der Waals surface area contributed by atoms with Gasteiger partial charge in [-0.1, -0.05) is 29.8 Å². The van der Waals surface area contributed by atoms with Crippen LogP contribution in [0.2, 0.25) is 0 Å². The molecule has 38 heavy (non-hydrogen) atoms. The Kier molecular flexibility index (Phi) is 8.46. The molecule has 1 N–H and O–H groups in total. The number of carbonyl (C=O) groups is 3. The van der Waals surface area contributed by atoms with Gasteiger partial charge in [0.2, 0.25) is 0 Å². The molecule has 0 aliphatic carbocycles. The van der Waals surface area contributed by atoms with E-state index in [0.717, 1.165) is 5.56 Å². The van der Waals surface area contributed by atoms with Crippen molar-refractivity contribution in [2.24, 2.45) is 0 Å². The Bertz CT molecular complexity index is 1210. The Balaban J connectivity index is 1.62. The van der Waals surface area contributed by atoms with Gasteiger partial charge in [0, 0.05) is 50.0 Å². The minimum absolute atomic E-state index is 0.00724. The molecule has 0 saturated carbocycles. The zero-order valence-corrected chi connectivity index (χ0v) is 22.4. The summed E-state index contributed by atoms with van der Waals surface area (Å²) in [6.07, 6.45) is 0. The quantitative estimate of drug-likeness (QED) is 0.558. The molecule has 2 atom stereocenters. The lowest BCUT2D eigenvalue weighted by atomic mass is 9.94. The van der Waals surface area contributed by atoms with Crippen molar-refractivity contribution >= 4 is 17.9 Å². The highest BCUT2D eigenvalue weighted by atomic mass is 19.1. The van der Waals surface area contributed by atoms with Gasteiger partial charge < -0.3 is 15.0 Å². The van der Waals surface area contributed by atoms with Crippen molar-refractivity contribution in [1.29, 1.82) is 0 Å². The predicted molar refractivity (Wildman–Crippen MR) is 142 cm³/mol. The lowest BCUT2D eigenvalue weighted by Crippen LogP contribution is -2.56. The number of hydrogen-bond donors (Lipinski definition) is 1. The predicted octanol–water partition coefficient (Wildman–Crippen LogP) is 3.88. The highest BCUT2D eigenvalue weighted by Gasteiger charge is 2.39. The SMILES string of the molecule is CCOC(=O)C1=C(CN2CCN(C(=O)c3ccc(C)cc3)[C@H](C)C2)N(CC)C(=O)N[C@@H]1c1ccc(F)cc1. The van der Waals surface area contributed by atoms with Gasteiger partial charge in [-0.25, -0.2) is 14.0 Å². The number of urea groups is 1. The second-order valence-electron chi connectivity index (χ2n) is 9.71. The molecule has 0 spiro atoms. The van der Waals surface area contributed by atoms with E-state index in [1.54, 1.807) is 24.0 Å². The third-order valence-corrected chi connectivity index (χ3v) is 7.10. The van der Waals surface area contributed by atoms with Crippen LogP contribution in [0.5, 0.6) is 0 Å². The molecule has 2 aliphatic heterocycles. The number of esters is 1. The van der Waals surface area contributed by atoms with Gasteiger partial charge in [-0.05, 0) is 57.5 Å². The number of halogens is 1.